The van der Waals surface area contributed by atoms with Crippen LogP contribution in [0.3, 0.4) is 0 Å². The van der Waals surface area contributed by atoms with Crippen LogP contribution in [0.2, 0.25) is 0 Å². The van der Waals surface area contributed by atoms with Crippen LogP contribution in [-0.2, 0) is 14.6 Å². The fraction of sp³-hybridized carbons (Fsp3) is 0.450. The summed E-state index contributed by atoms with van der Waals surface area (Å²) >= 11 is 1.26. The second kappa shape index (κ2) is 8.91. The first kappa shape index (κ1) is 21.7. The molecule has 0 saturated carbocycles. The standard InChI is InChI=1S/C20H23FN4O4S2/c21-15-6-4-14(5-7-15)16-13-30-19(22-16)23-18(26)17-3-1-2-8-25(17)20(27)24-9-11-31(28,29)12-10-24/h4-7,13,17H,1-3,8-12H2,(H,22,23,26)/t17-/m0/s1. The van der Waals surface area contributed by atoms with Crippen molar-refractivity contribution >= 4 is 38.2 Å². The van der Waals surface area contributed by atoms with Crippen LogP contribution >= 0.6 is 11.3 Å². The van der Waals surface area contributed by atoms with Gasteiger partial charge in [0.15, 0.2) is 15.0 Å². The van der Waals surface area contributed by atoms with Crippen molar-refractivity contribution in [3.05, 3.63) is 35.5 Å². The van der Waals surface area contributed by atoms with E-state index in [1.807, 2.05) is 0 Å². The molecule has 2 aliphatic rings. The van der Waals surface area contributed by atoms with Crippen LogP contribution in [0.25, 0.3) is 11.3 Å². The first-order chi connectivity index (χ1) is 14.8. The Balaban J connectivity index is 1.43. The number of rotatable bonds is 3. The molecule has 0 unspecified atom stereocenters. The van der Waals surface area contributed by atoms with E-state index >= 15 is 0 Å². The predicted molar refractivity (Wildman–Crippen MR) is 116 cm³/mol. The molecular formula is C20H23FN4O4S2. The van der Waals surface area contributed by atoms with Crippen molar-refractivity contribution in [3.63, 3.8) is 0 Å². The van der Waals surface area contributed by atoms with Gasteiger partial charge in [-0.3, -0.25) is 4.79 Å². The summed E-state index contributed by atoms with van der Waals surface area (Å²) < 4.78 is 36.4. The van der Waals surface area contributed by atoms with Crippen molar-refractivity contribution < 1.29 is 22.4 Å². The fourth-order valence-electron chi connectivity index (χ4n) is 3.79. The number of halogens is 1. The molecule has 2 aliphatic heterocycles. The zero-order chi connectivity index (χ0) is 22.0. The van der Waals surface area contributed by atoms with E-state index in [-0.39, 0.29) is 42.4 Å². The Bertz CT molecular complexity index is 1060. The predicted octanol–water partition coefficient (Wildman–Crippen LogP) is 2.59. The Morgan fingerprint density at radius 3 is 2.52 bits per heavy atom. The van der Waals surface area contributed by atoms with Crippen LogP contribution in [-0.4, -0.2) is 72.3 Å². The van der Waals surface area contributed by atoms with Gasteiger partial charge < -0.3 is 15.1 Å². The van der Waals surface area contributed by atoms with Crippen LogP contribution in [0, 0.1) is 5.82 Å². The molecule has 11 heteroatoms. The number of sulfone groups is 1. The number of carbonyl (C=O) groups excluding carboxylic acids is 2. The summed E-state index contributed by atoms with van der Waals surface area (Å²) in [6.07, 6.45) is 2.17. The van der Waals surface area contributed by atoms with Gasteiger partial charge in [0.1, 0.15) is 11.9 Å². The third-order valence-corrected chi connectivity index (χ3v) is 7.91. The maximum absolute atomic E-state index is 13.1. The molecule has 0 spiro atoms. The molecule has 0 radical (unpaired) electrons. The van der Waals surface area contributed by atoms with Crippen LogP contribution in [0.15, 0.2) is 29.6 Å². The van der Waals surface area contributed by atoms with Crippen LogP contribution in [0.4, 0.5) is 14.3 Å². The number of likely N-dealkylation sites (tertiary alicyclic amines) is 1. The van der Waals surface area contributed by atoms with E-state index in [0.29, 0.717) is 23.8 Å². The maximum Gasteiger partial charge on any atom is 0.320 e. The molecule has 0 aliphatic carbocycles. The second-order valence-electron chi connectivity index (χ2n) is 7.66. The third-order valence-electron chi connectivity index (χ3n) is 5.54. The second-order valence-corrected chi connectivity index (χ2v) is 10.8. The fourth-order valence-corrected chi connectivity index (χ4v) is 5.72. The smallest absolute Gasteiger partial charge is 0.320 e. The SMILES string of the molecule is O=C(Nc1nc(-c2ccc(F)cc2)cs1)[C@@H]1CCCCN1C(=O)N1CCS(=O)(=O)CC1. The van der Waals surface area contributed by atoms with Crippen molar-refractivity contribution in [1.29, 1.82) is 0 Å². The lowest BCUT2D eigenvalue weighted by molar-refractivity contribution is -0.121. The minimum atomic E-state index is -3.09. The average Bonchev–Trinajstić information content (AvgIpc) is 3.22. The van der Waals surface area contributed by atoms with Gasteiger partial charge in [0.05, 0.1) is 17.2 Å². The number of thiazole rings is 1. The highest BCUT2D eigenvalue weighted by Crippen LogP contribution is 2.26. The van der Waals surface area contributed by atoms with Crippen molar-refractivity contribution in [3.8, 4) is 11.3 Å². The van der Waals surface area contributed by atoms with Crippen LogP contribution in [0.5, 0.6) is 0 Å². The Morgan fingerprint density at radius 1 is 1.10 bits per heavy atom. The molecule has 1 atom stereocenters. The molecule has 31 heavy (non-hydrogen) atoms. The molecule has 8 nitrogen and oxygen atoms in total. The molecule has 2 saturated heterocycles. The molecule has 2 aromatic rings. The van der Waals surface area contributed by atoms with Gasteiger partial charge in [-0.1, -0.05) is 0 Å². The van der Waals surface area contributed by atoms with E-state index in [0.717, 1.165) is 18.4 Å². The molecule has 0 bridgehead atoms. The minimum absolute atomic E-state index is 0.0469. The molecule has 3 amide bonds. The lowest BCUT2D eigenvalue weighted by Crippen LogP contribution is -2.56. The third kappa shape index (κ3) is 5.04. The number of hydrogen-bond acceptors (Lipinski definition) is 6. The van der Waals surface area contributed by atoms with E-state index < -0.39 is 15.9 Å². The molecule has 3 heterocycles. The van der Waals surface area contributed by atoms with Crippen molar-refractivity contribution in [2.45, 2.75) is 25.3 Å². The van der Waals surface area contributed by atoms with E-state index in [4.69, 9.17) is 0 Å². The molecule has 1 aromatic carbocycles. The van der Waals surface area contributed by atoms with Gasteiger partial charge >= 0.3 is 6.03 Å². The number of carbonyl (C=O) groups is 2. The number of anilines is 1. The zero-order valence-electron chi connectivity index (χ0n) is 16.8. The van der Waals surface area contributed by atoms with E-state index in [2.05, 4.69) is 10.3 Å². The summed E-state index contributed by atoms with van der Waals surface area (Å²) in [5, 5.41) is 4.99. The zero-order valence-corrected chi connectivity index (χ0v) is 18.4. The number of piperidine rings is 1. The Morgan fingerprint density at radius 2 is 1.81 bits per heavy atom. The van der Waals surface area contributed by atoms with Crippen LogP contribution in [0.1, 0.15) is 19.3 Å². The highest BCUT2D eigenvalue weighted by molar-refractivity contribution is 7.91. The number of aromatic nitrogens is 1. The van der Waals surface area contributed by atoms with Gasteiger partial charge in [-0.25, -0.2) is 22.6 Å². The molecule has 166 valence electrons. The van der Waals surface area contributed by atoms with Gasteiger partial charge in [0.25, 0.3) is 0 Å². The van der Waals surface area contributed by atoms with E-state index in [1.54, 1.807) is 22.4 Å². The van der Waals surface area contributed by atoms with E-state index in [9.17, 15) is 22.4 Å². The highest BCUT2D eigenvalue weighted by atomic mass is 32.2. The van der Waals surface area contributed by atoms with Crippen molar-refractivity contribution in [2.24, 2.45) is 0 Å². The van der Waals surface area contributed by atoms with Crippen molar-refractivity contribution in [2.75, 3.05) is 36.5 Å². The number of benzene rings is 1. The summed E-state index contributed by atoms with van der Waals surface area (Å²) in [5.74, 6) is -0.734. The number of hydrogen-bond donors (Lipinski definition) is 1. The lowest BCUT2D eigenvalue weighted by atomic mass is 10.0. The average molecular weight is 467 g/mol. The van der Waals surface area contributed by atoms with Gasteiger partial charge in [-0.2, -0.15) is 0 Å². The molecule has 1 N–H and O–H groups in total. The Kier molecular flexibility index (Phi) is 6.24. The first-order valence-electron chi connectivity index (χ1n) is 10.1. The molecular weight excluding hydrogens is 443 g/mol. The largest absolute Gasteiger partial charge is 0.323 e. The summed E-state index contributed by atoms with van der Waals surface area (Å²) in [6.45, 7) is 0.762. The molecule has 2 fully saturated rings. The number of nitrogens with zero attached hydrogens (tertiary/aromatic N) is 3. The lowest BCUT2D eigenvalue weighted by Gasteiger charge is -2.39. The Hall–Kier alpha value is -2.53. The maximum atomic E-state index is 13.1. The highest BCUT2D eigenvalue weighted by Gasteiger charge is 2.36. The van der Waals surface area contributed by atoms with Gasteiger partial charge in [0, 0.05) is 30.6 Å². The molecule has 1 aromatic heterocycles. The monoisotopic (exact) mass is 466 g/mol. The van der Waals surface area contributed by atoms with Crippen LogP contribution < -0.4 is 5.32 Å². The Labute approximate surface area is 184 Å². The summed E-state index contributed by atoms with van der Waals surface area (Å²) in [7, 11) is -3.09. The number of amides is 3. The number of urea groups is 1. The van der Waals surface area contributed by atoms with Gasteiger partial charge in [0.2, 0.25) is 5.91 Å². The van der Waals surface area contributed by atoms with Gasteiger partial charge in [-0.15, -0.1) is 11.3 Å². The topological polar surface area (TPSA) is 99.7 Å². The van der Waals surface area contributed by atoms with E-state index in [1.165, 1.54) is 28.4 Å². The number of nitrogens with one attached hydrogen (secondary N) is 1. The van der Waals surface area contributed by atoms with Crippen molar-refractivity contribution in [1.82, 2.24) is 14.8 Å². The summed E-state index contributed by atoms with van der Waals surface area (Å²) in [5.41, 5.74) is 1.37. The quantitative estimate of drug-likeness (QED) is 0.750. The first-order valence-corrected chi connectivity index (χ1v) is 12.8. The summed E-state index contributed by atoms with van der Waals surface area (Å²) in [6, 6.07) is 5.03. The normalized spacial score (nSPS) is 21.0. The van der Waals surface area contributed by atoms with Gasteiger partial charge in [-0.05, 0) is 43.5 Å². The molecule has 4 rings (SSSR count). The summed E-state index contributed by atoms with van der Waals surface area (Å²) in [4.78, 5) is 33.4. The minimum Gasteiger partial charge on any atom is -0.323 e.